The van der Waals surface area contributed by atoms with Gasteiger partial charge in [-0.3, -0.25) is 12.7 Å². The first kappa shape index (κ1) is 8.16. The first-order valence-electron chi connectivity index (χ1n) is 4.22. The molecule has 0 radical (unpaired) electrons. The van der Waals surface area contributed by atoms with Gasteiger partial charge in [-0.1, -0.05) is 0 Å². The van der Waals surface area contributed by atoms with E-state index in [9.17, 15) is 0 Å². The highest BCUT2D eigenvalue weighted by molar-refractivity contribution is 14.1. The predicted molar refractivity (Wildman–Crippen MR) is 64.5 cm³/mol. The molecule has 0 aliphatic carbocycles. The van der Waals surface area contributed by atoms with Gasteiger partial charge >= 0.3 is 0 Å². The first-order chi connectivity index (χ1) is 6.88. The van der Waals surface area contributed by atoms with Crippen LogP contribution in [-0.4, -0.2) is 12.7 Å². The Balaban J connectivity index is 2.69. The van der Waals surface area contributed by atoms with Crippen molar-refractivity contribution in [1.29, 1.82) is 0 Å². The lowest BCUT2D eigenvalue weighted by molar-refractivity contribution is 1.32. The smallest absolute Gasteiger partial charge is 0.0774 e. The second-order valence-corrected chi connectivity index (χ2v) is 4.03. The summed E-state index contributed by atoms with van der Waals surface area (Å²) in [5, 5.41) is 2.46. The van der Waals surface area contributed by atoms with Crippen molar-refractivity contribution < 1.29 is 0 Å². The number of aromatic nitrogens is 3. The monoisotopic (exact) mass is 295 g/mol. The summed E-state index contributed by atoms with van der Waals surface area (Å²) in [5.74, 6) is 0. The third kappa shape index (κ3) is 0.971. The van der Waals surface area contributed by atoms with Crippen LogP contribution >= 0.6 is 22.9 Å². The number of hydrogen-bond acceptors (Lipinski definition) is 2. The van der Waals surface area contributed by atoms with Crippen molar-refractivity contribution in [3.8, 4) is 0 Å². The van der Waals surface area contributed by atoms with Gasteiger partial charge < -0.3 is 0 Å². The quantitative estimate of drug-likeness (QED) is 0.597. The van der Waals surface area contributed by atoms with Crippen LogP contribution in [-0.2, 0) is 0 Å². The molecule has 14 heavy (non-hydrogen) atoms. The molecule has 3 aromatic rings. The third-order valence-corrected chi connectivity index (χ3v) is 3.35. The summed E-state index contributed by atoms with van der Waals surface area (Å²) in [4.78, 5) is 8.25. The van der Waals surface area contributed by atoms with Crippen LogP contribution in [0.1, 0.15) is 0 Å². The van der Waals surface area contributed by atoms with Gasteiger partial charge in [-0.15, -0.1) is 0 Å². The van der Waals surface area contributed by atoms with Gasteiger partial charge in [0.25, 0.3) is 0 Å². The Bertz CT molecular complexity index is 562. The van der Waals surface area contributed by atoms with Gasteiger partial charge in [0.1, 0.15) is 0 Å². The van der Waals surface area contributed by atoms with E-state index in [4.69, 9.17) is 0 Å². The molecule has 3 heterocycles. The van der Waals surface area contributed by atoms with E-state index < -0.39 is 0 Å². The molecule has 0 N–H and O–H groups in total. The molecule has 0 unspecified atom stereocenters. The number of hydrogen-bond donors (Lipinski definition) is 0. The van der Waals surface area contributed by atoms with Gasteiger partial charge in [0, 0.05) is 23.2 Å². The van der Waals surface area contributed by atoms with Crippen LogP contribution in [0.15, 0.2) is 36.9 Å². The van der Waals surface area contributed by atoms with Crippen LogP contribution in [0.2, 0.25) is 0 Å². The average molecular weight is 295 g/mol. The van der Waals surface area contributed by atoms with Crippen LogP contribution in [0, 0.1) is 0 Å². The summed E-state index contributed by atoms with van der Waals surface area (Å²) < 4.78 is 2.09. The zero-order valence-electron chi connectivity index (χ0n) is 7.18. The molecule has 3 aromatic heterocycles. The van der Waals surface area contributed by atoms with E-state index >= 15 is 0 Å². The SMILES string of the molecule is In1c2cnccc2c2ccncc21. The third-order valence-electron chi connectivity index (χ3n) is 2.31. The Labute approximate surface area is 94.3 Å². The van der Waals surface area contributed by atoms with Gasteiger partial charge in [0.15, 0.2) is 0 Å². The largest absolute Gasteiger partial charge is 0.279 e. The van der Waals surface area contributed by atoms with Crippen LogP contribution in [0.3, 0.4) is 0 Å². The first-order valence-corrected chi connectivity index (χ1v) is 5.19. The second kappa shape index (κ2) is 2.91. The lowest BCUT2D eigenvalue weighted by Crippen LogP contribution is -1.78. The second-order valence-electron chi connectivity index (χ2n) is 3.07. The summed E-state index contributed by atoms with van der Waals surface area (Å²) in [6.45, 7) is 0. The molecule has 0 spiro atoms. The molecule has 0 atom stereocenters. The maximum Gasteiger partial charge on any atom is 0.0774 e. The highest BCUT2D eigenvalue weighted by Crippen LogP contribution is 2.28. The zero-order chi connectivity index (χ0) is 9.54. The molecule has 0 aliphatic heterocycles. The molecular weight excluding hydrogens is 289 g/mol. The van der Waals surface area contributed by atoms with Crippen molar-refractivity contribution >= 4 is 44.7 Å². The van der Waals surface area contributed by atoms with E-state index in [1.165, 1.54) is 10.8 Å². The van der Waals surface area contributed by atoms with E-state index in [2.05, 4.69) is 35.6 Å². The summed E-state index contributed by atoms with van der Waals surface area (Å²) in [5.41, 5.74) is 2.27. The van der Waals surface area contributed by atoms with E-state index in [1.807, 2.05) is 36.9 Å². The summed E-state index contributed by atoms with van der Waals surface area (Å²) in [6, 6.07) is 4.07. The van der Waals surface area contributed by atoms with Crippen molar-refractivity contribution in [1.82, 2.24) is 12.7 Å². The highest BCUT2D eigenvalue weighted by Gasteiger charge is 2.07. The molecule has 0 bridgehead atoms. The zero-order valence-corrected chi connectivity index (χ0v) is 9.34. The topological polar surface area (TPSA) is 30.7 Å². The minimum absolute atomic E-state index is 1.14. The molecule has 0 saturated carbocycles. The maximum absolute atomic E-state index is 4.12. The molecule has 68 valence electrons. The Morgan fingerprint density at radius 3 is 1.93 bits per heavy atom. The number of rotatable bonds is 0. The van der Waals surface area contributed by atoms with Crippen molar-refractivity contribution in [3.63, 3.8) is 0 Å². The van der Waals surface area contributed by atoms with Gasteiger partial charge in [0.2, 0.25) is 0 Å². The fourth-order valence-corrected chi connectivity index (χ4v) is 2.44. The number of halogens is 1. The van der Waals surface area contributed by atoms with E-state index in [0.29, 0.717) is 0 Å². The van der Waals surface area contributed by atoms with Crippen molar-refractivity contribution in [2.45, 2.75) is 0 Å². The minimum Gasteiger partial charge on any atom is -0.279 e. The van der Waals surface area contributed by atoms with Crippen LogP contribution in [0.4, 0.5) is 0 Å². The van der Waals surface area contributed by atoms with Gasteiger partial charge in [-0.2, -0.15) is 0 Å². The fraction of sp³-hybridized carbons (Fsp3) is 0. The molecule has 0 amide bonds. The summed E-state index contributed by atoms with van der Waals surface area (Å²) in [6.07, 6.45) is 7.39. The van der Waals surface area contributed by atoms with E-state index in [0.717, 1.165) is 11.0 Å². The molecule has 3 nitrogen and oxygen atoms in total. The molecule has 0 saturated heterocycles. The molecule has 3 rings (SSSR count). The van der Waals surface area contributed by atoms with Gasteiger partial charge in [0.05, 0.1) is 46.3 Å². The molecule has 0 fully saturated rings. The van der Waals surface area contributed by atoms with Crippen molar-refractivity contribution in [3.05, 3.63) is 36.9 Å². The Morgan fingerprint density at radius 2 is 1.43 bits per heavy atom. The lowest BCUT2D eigenvalue weighted by Gasteiger charge is -1.91. The number of pyridine rings is 2. The van der Waals surface area contributed by atoms with E-state index in [-0.39, 0.29) is 0 Å². The molecule has 0 aromatic carbocycles. The standard InChI is InChI=1S/C10H6IN3/c11-14-9-5-12-3-1-7(9)8-2-4-13-6-10(8)14/h1-6H. The van der Waals surface area contributed by atoms with Crippen LogP contribution < -0.4 is 0 Å². The summed E-state index contributed by atoms with van der Waals surface area (Å²) >= 11 is 2.27. The normalized spacial score (nSPS) is 11.2. The highest BCUT2D eigenvalue weighted by atomic mass is 127. The predicted octanol–water partition coefficient (Wildman–Crippen LogP) is 2.78. The number of nitrogens with zero attached hydrogens (tertiary/aromatic N) is 3. The van der Waals surface area contributed by atoms with E-state index in [1.54, 1.807) is 0 Å². The minimum atomic E-state index is 1.14. The van der Waals surface area contributed by atoms with Crippen molar-refractivity contribution in [2.75, 3.05) is 0 Å². The molecular formula is C10H6IN3. The van der Waals surface area contributed by atoms with Crippen molar-refractivity contribution in [2.24, 2.45) is 0 Å². The van der Waals surface area contributed by atoms with Crippen LogP contribution in [0.25, 0.3) is 21.8 Å². The molecule has 0 aliphatic rings. The Kier molecular flexibility index (Phi) is 1.70. The van der Waals surface area contributed by atoms with Gasteiger partial charge in [-0.25, -0.2) is 0 Å². The van der Waals surface area contributed by atoms with Gasteiger partial charge in [-0.05, 0) is 12.1 Å². The average Bonchev–Trinajstić information content (AvgIpc) is 2.55. The fourth-order valence-electron chi connectivity index (χ4n) is 1.67. The Morgan fingerprint density at radius 1 is 0.929 bits per heavy atom. The molecule has 4 heteroatoms. The Hall–Kier alpha value is -1.17. The van der Waals surface area contributed by atoms with Crippen LogP contribution in [0.5, 0.6) is 0 Å². The summed E-state index contributed by atoms with van der Waals surface area (Å²) in [7, 11) is 0. The number of fused-ring (bicyclic) bond motifs is 3. The maximum atomic E-state index is 4.12. The lowest BCUT2D eigenvalue weighted by atomic mass is 10.2.